The number of amides is 1. The number of nitrogens with one attached hydrogen (secondary N) is 2. The third-order valence-electron chi connectivity index (χ3n) is 3.85. The average Bonchev–Trinajstić information content (AvgIpc) is 3.13. The van der Waals surface area contributed by atoms with Gasteiger partial charge in [0, 0.05) is 16.8 Å². The molecule has 0 saturated heterocycles. The Kier molecular flexibility index (Phi) is 5.46. The molecule has 3 aromatic rings. The Bertz CT molecular complexity index is 935. The first-order chi connectivity index (χ1) is 12.6. The van der Waals surface area contributed by atoms with Gasteiger partial charge in [-0.1, -0.05) is 30.3 Å². The van der Waals surface area contributed by atoms with E-state index in [1.54, 1.807) is 36.4 Å². The predicted octanol–water partition coefficient (Wildman–Crippen LogP) is 3.87. The number of hydrogen-bond acceptors (Lipinski definition) is 4. The van der Waals surface area contributed by atoms with Gasteiger partial charge in [-0.15, -0.1) is 0 Å². The molecule has 0 aliphatic rings. The first-order valence-electron chi connectivity index (χ1n) is 8.05. The summed E-state index contributed by atoms with van der Waals surface area (Å²) < 4.78 is 5.56. The van der Waals surface area contributed by atoms with Crippen molar-refractivity contribution < 1.29 is 14.3 Å². The fourth-order valence-electron chi connectivity index (χ4n) is 2.45. The summed E-state index contributed by atoms with van der Waals surface area (Å²) in [6.45, 7) is 1.79. The molecule has 0 bridgehead atoms. The summed E-state index contributed by atoms with van der Waals surface area (Å²) in [6, 6.07) is 18.1. The molecule has 1 aromatic heterocycles. The first-order valence-corrected chi connectivity index (χ1v) is 8.45. The number of benzene rings is 2. The molecule has 3 N–H and O–H groups in total. The zero-order valence-corrected chi connectivity index (χ0v) is 15.0. The molecule has 1 amide bonds. The molecule has 26 heavy (non-hydrogen) atoms. The second-order valence-electron chi connectivity index (χ2n) is 5.73. The minimum atomic E-state index is -0.268. The third kappa shape index (κ3) is 4.17. The third-order valence-corrected chi connectivity index (χ3v) is 4.05. The van der Waals surface area contributed by atoms with E-state index in [-0.39, 0.29) is 17.6 Å². The molecule has 6 heteroatoms. The van der Waals surface area contributed by atoms with Gasteiger partial charge in [-0.2, -0.15) is 0 Å². The van der Waals surface area contributed by atoms with Gasteiger partial charge in [-0.3, -0.25) is 10.1 Å². The van der Waals surface area contributed by atoms with Crippen molar-refractivity contribution >= 4 is 28.9 Å². The highest BCUT2D eigenvalue weighted by molar-refractivity contribution is 7.80. The summed E-state index contributed by atoms with van der Waals surface area (Å²) >= 11 is 5.26. The van der Waals surface area contributed by atoms with E-state index in [2.05, 4.69) is 10.6 Å². The van der Waals surface area contributed by atoms with E-state index in [0.29, 0.717) is 17.1 Å². The molecule has 5 nitrogen and oxygen atoms in total. The zero-order valence-electron chi connectivity index (χ0n) is 14.2. The van der Waals surface area contributed by atoms with Crippen LogP contribution in [-0.4, -0.2) is 16.1 Å². The molecule has 0 radical (unpaired) electrons. The van der Waals surface area contributed by atoms with Crippen molar-refractivity contribution in [2.75, 3.05) is 5.32 Å². The second-order valence-corrected chi connectivity index (χ2v) is 6.14. The number of carbonyl (C=O) groups excluding carboxylic acids is 1. The van der Waals surface area contributed by atoms with Gasteiger partial charge in [0.2, 0.25) is 0 Å². The summed E-state index contributed by atoms with van der Waals surface area (Å²) in [5.74, 6) is 0.882. The van der Waals surface area contributed by atoms with Crippen LogP contribution in [0.3, 0.4) is 0 Å². The zero-order chi connectivity index (χ0) is 18.5. The topological polar surface area (TPSA) is 74.5 Å². The van der Waals surface area contributed by atoms with Gasteiger partial charge in [-0.25, -0.2) is 0 Å². The lowest BCUT2D eigenvalue weighted by atomic mass is 10.1. The maximum absolute atomic E-state index is 12.2. The van der Waals surface area contributed by atoms with E-state index in [4.69, 9.17) is 21.7 Å². The number of rotatable bonds is 4. The summed E-state index contributed by atoms with van der Waals surface area (Å²) in [7, 11) is 0. The van der Waals surface area contributed by atoms with Gasteiger partial charge in [0.05, 0.1) is 0 Å². The largest absolute Gasteiger partial charge is 0.459 e. The van der Waals surface area contributed by atoms with Gasteiger partial charge in [0.15, 0.2) is 5.11 Å². The van der Waals surface area contributed by atoms with E-state index < -0.39 is 0 Å². The summed E-state index contributed by atoms with van der Waals surface area (Å²) in [5.41, 5.74) is 3.12. The molecule has 132 valence electrons. The van der Waals surface area contributed by atoms with Crippen LogP contribution < -0.4 is 10.6 Å². The molecule has 0 aliphatic heterocycles. The average molecular weight is 366 g/mol. The van der Waals surface area contributed by atoms with E-state index in [1.165, 1.54) is 0 Å². The highest BCUT2D eigenvalue weighted by atomic mass is 32.1. The van der Waals surface area contributed by atoms with Gasteiger partial charge in [0.25, 0.3) is 5.91 Å². The smallest absolute Gasteiger partial charge is 0.257 e. The normalized spacial score (nSPS) is 10.4. The fraction of sp³-hybridized carbons (Fsp3) is 0.100. The maximum atomic E-state index is 12.2. The van der Waals surface area contributed by atoms with Gasteiger partial charge in [-0.05, 0) is 55.0 Å². The molecule has 0 saturated carbocycles. The van der Waals surface area contributed by atoms with E-state index >= 15 is 0 Å². The number of aryl methyl sites for hydroxylation is 1. The molecule has 3 rings (SSSR count). The van der Waals surface area contributed by atoms with Crippen LogP contribution in [0.5, 0.6) is 0 Å². The Hall–Kier alpha value is -2.96. The summed E-state index contributed by atoms with van der Waals surface area (Å²) in [5, 5.41) is 15.1. The lowest BCUT2D eigenvalue weighted by Gasteiger charge is -2.13. The van der Waals surface area contributed by atoms with Crippen LogP contribution in [0, 0.1) is 6.92 Å². The molecular weight excluding hydrogens is 348 g/mol. The van der Waals surface area contributed by atoms with Crippen molar-refractivity contribution in [2.45, 2.75) is 13.5 Å². The van der Waals surface area contributed by atoms with Crippen LogP contribution in [-0.2, 0) is 6.61 Å². The molecule has 0 spiro atoms. The lowest BCUT2D eigenvalue weighted by Crippen LogP contribution is -2.34. The number of hydrogen-bond donors (Lipinski definition) is 3. The number of furan rings is 1. The van der Waals surface area contributed by atoms with Crippen molar-refractivity contribution in [3.63, 3.8) is 0 Å². The van der Waals surface area contributed by atoms with Crippen LogP contribution >= 0.6 is 12.2 Å². The highest BCUT2D eigenvalue weighted by Crippen LogP contribution is 2.27. The number of aliphatic hydroxyl groups is 1. The van der Waals surface area contributed by atoms with Gasteiger partial charge < -0.3 is 14.8 Å². The Balaban J connectivity index is 1.73. The van der Waals surface area contributed by atoms with E-state index in [1.807, 2.05) is 31.2 Å². The Morgan fingerprint density at radius 1 is 1.12 bits per heavy atom. The molecule has 1 heterocycles. The predicted molar refractivity (Wildman–Crippen MR) is 105 cm³/mol. The summed E-state index contributed by atoms with van der Waals surface area (Å²) in [4.78, 5) is 12.2. The number of carbonyl (C=O) groups is 1. The Labute approximate surface area is 156 Å². The molecule has 0 fully saturated rings. The van der Waals surface area contributed by atoms with Crippen LogP contribution in [0.2, 0.25) is 0 Å². The van der Waals surface area contributed by atoms with Crippen molar-refractivity contribution in [3.05, 3.63) is 77.6 Å². The molecule has 2 aromatic carbocycles. The molecular formula is C20H18N2O3S. The standard InChI is InChI=1S/C20H18N2O3S/c1-13-7-8-15(18-10-9-16(12-23)25-18)11-17(13)21-20(26)22-19(24)14-5-3-2-4-6-14/h2-11,23H,12H2,1H3,(H2,21,22,24,26). The highest BCUT2D eigenvalue weighted by Gasteiger charge is 2.10. The number of aliphatic hydroxyl groups excluding tert-OH is 1. The van der Waals surface area contributed by atoms with Crippen LogP contribution in [0.4, 0.5) is 5.69 Å². The molecule has 0 atom stereocenters. The maximum Gasteiger partial charge on any atom is 0.257 e. The van der Waals surface area contributed by atoms with Gasteiger partial charge in [0.1, 0.15) is 18.1 Å². The molecule has 0 aliphatic carbocycles. The minimum absolute atomic E-state index is 0.146. The lowest BCUT2D eigenvalue weighted by molar-refractivity contribution is 0.0977. The number of thiocarbonyl (C=S) groups is 1. The fourth-order valence-corrected chi connectivity index (χ4v) is 2.65. The van der Waals surface area contributed by atoms with Crippen LogP contribution in [0.15, 0.2) is 65.1 Å². The van der Waals surface area contributed by atoms with Crippen molar-refractivity contribution in [2.24, 2.45) is 0 Å². The van der Waals surface area contributed by atoms with Crippen molar-refractivity contribution in [3.8, 4) is 11.3 Å². The number of anilines is 1. The van der Waals surface area contributed by atoms with Crippen LogP contribution in [0.25, 0.3) is 11.3 Å². The Morgan fingerprint density at radius 2 is 1.88 bits per heavy atom. The van der Waals surface area contributed by atoms with Crippen molar-refractivity contribution in [1.82, 2.24) is 5.32 Å². The van der Waals surface area contributed by atoms with E-state index in [9.17, 15) is 4.79 Å². The monoisotopic (exact) mass is 366 g/mol. The van der Waals surface area contributed by atoms with E-state index in [0.717, 1.165) is 16.8 Å². The van der Waals surface area contributed by atoms with Crippen LogP contribution in [0.1, 0.15) is 21.7 Å². The summed E-state index contributed by atoms with van der Waals surface area (Å²) in [6.07, 6.45) is 0. The quantitative estimate of drug-likeness (QED) is 0.611. The SMILES string of the molecule is Cc1ccc(-c2ccc(CO)o2)cc1NC(=S)NC(=O)c1ccccc1. The second kappa shape index (κ2) is 7.95. The first kappa shape index (κ1) is 17.8. The molecule has 0 unspecified atom stereocenters. The van der Waals surface area contributed by atoms with Gasteiger partial charge >= 0.3 is 0 Å². The Morgan fingerprint density at radius 3 is 2.58 bits per heavy atom. The van der Waals surface area contributed by atoms with Crippen molar-refractivity contribution in [1.29, 1.82) is 0 Å². The minimum Gasteiger partial charge on any atom is -0.459 e.